The minimum atomic E-state index is -3.36. The molecule has 1 amide bonds. The molecular formula is C12H19N3O3S. The van der Waals surface area contributed by atoms with Gasteiger partial charge in [0.2, 0.25) is 10.0 Å². The van der Waals surface area contributed by atoms with Crippen LogP contribution in [0.1, 0.15) is 24.2 Å². The Morgan fingerprint density at radius 3 is 2.63 bits per heavy atom. The van der Waals surface area contributed by atoms with Crippen LogP contribution >= 0.6 is 0 Å². The van der Waals surface area contributed by atoms with Crippen LogP contribution in [0.2, 0.25) is 0 Å². The topological polar surface area (TPSA) is 101 Å². The summed E-state index contributed by atoms with van der Waals surface area (Å²) in [4.78, 5) is 11.7. The van der Waals surface area contributed by atoms with Gasteiger partial charge in [-0.3, -0.25) is 4.79 Å². The molecule has 0 radical (unpaired) electrons. The van der Waals surface area contributed by atoms with E-state index in [-0.39, 0.29) is 24.2 Å². The molecule has 1 aromatic rings. The van der Waals surface area contributed by atoms with Gasteiger partial charge in [0.15, 0.2) is 0 Å². The van der Waals surface area contributed by atoms with Crippen LogP contribution in [0.25, 0.3) is 0 Å². The molecule has 106 valence electrons. The van der Waals surface area contributed by atoms with Crippen LogP contribution in [0, 0.1) is 0 Å². The van der Waals surface area contributed by atoms with E-state index in [0.717, 1.165) is 0 Å². The fourth-order valence-electron chi connectivity index (χ4n) is 1.50. The average Bonchev–Trinajstić information content (AvgIpc) is 2.26. The highest BCUT2D eigenvalue weighted by Gasteiger charge is 2.12. The highest BCUT2D eigenvalue weighted by atomic mass is 32.2. The molecule has 0 aliphatic heterocycles. The summed E-state index contributed by atoms with van der Waals surface area (Å²) in [7, 11) is -3.36. The molecule has 0 aliphatic rings. The van der Waals surface area contributed by atoms with Gasteiger partial charge in [-0.25, -0.2) is 13.1 Å². The first-order valence-corrected chi connectivity index (χ1v) is 7.59. The number of carbonyl (C=O) groups is 1. The van der Waals surface area contributed by atoms with Gasteiger partial charge in [-0.2, -0.15) is 0 Å². The number of benzene rings is 1. The summed E-state index contributed by atoms with van der Waals surface area (Å²) in [5.74, 6) is -0.494. The zero-order valence-electron chi connectivity index (χ0n) is 11.0. The van der Waals surface area contributed by atoms with Gasteiger partial charge in [-0.1, -0.05) is 6.07 Å². The van der Waals surface area contributed by atoms with E-state index in [4.69, 9.17) is 5.73 Å². The highest BCUT2D eigenvalue weighted by Crippen LogP contribution is 2.05. The molecule has 19 heavy (non-hydrogen) atoms. The molecule has 0 saturated heterocycles. The standard InChI is InChI=1S/C12H19N3O3S/c1-9(2)15-19(17,18)7-6-14-12(16)10-4-3-5-11(13)8-10/h3-5,8-9,15H,6-7,13H2,1-2H3,(H,14,16). The van der Waals surface area contributed by atoms with E-state index in [1.807, 2.05) is 0 Å². The molecule has 0 spiro atoms. The molecule has 0 unspecified atom stereocenters. The minimum absolute atomic E-state index is 0.0513. The molecule has 4 N–H and O–H groups in total. The number of nitrogens with two attached hydrogens (primary N) is 1. The van der Waals surface area contributed by atoms with Crippen molar-refractivity contribution in [2.45, 2.75) is 19.9 Å². The Balaban J connectivity index is 2.48. The molecule has 6 nitrogen and oxygen atoms in total. The Morgan fingerprint density at radius 2 is 2.05 bits per heavy atom. The maximum Gasteiger partial charge on any atom is 0.251 e. The first-order chi connectivity index (χ1) is 8.80. The number of anilines is 1. The predicted molar refractivity (Wildman–Crippen MR) is 75.2 cm³/mol. The number of rotatable bonds is 6. The Hall–Kier alpha value is -1.60. The fourth-order valence-corrected chi connectivity index (χ4v) is 2.71. The largest absolute Gasteiger partial charge is 0.399 e. The van der Waals surface area contributed by atoms with Crippen LogP contribution < -0.4 is 15.8 Å². The maximum atomic E-state index is 11.7. The minimum Gasteiger partial charge on any atom is -0.399 e. The second kappa shape index (κ2) is 6.53. The van der Waals surface area contributed by atoms with Gasteiger partial charge in [-0.15, -0.1) is 0 Å². The van der Waals surface area contributed by atoms with E-state index in [1.165, 1.54) is 6.07 Å². The number of hydrogen-bond donors (Lipinski definition) is 3. The van der Waals surface area contributed by atoms with Crippen molar-refractivity contribution in [2.24, 2.45) is 0 Å². The number of carbonyl (C=O) groups excluding carboxylic acids is 1. The van der Waals surface area contributed by atoms with E-state index in [0.29, 0.717) is 11.3 Å². The molecule has 0 aromatic heterocycles. The number of amides is 1. The first-order valence-electron chi connectivity index (χ1n) is 5.94. The van der Waals surface area contributed by atoms with Gasteiger partial charge < -0.3 is 11.1 Å². The third kappa shape index (κ3) is 5.71. The van der Waals surface area contributed by atoms with Gasteiger partial charge >= 0.3 is 0 Å². The fraction of sp³-hybridized carbons (Fsp3) is 0.417. The third-order valence-corrected chi connectivity index (χ3v) is 3.79. The zero-order chi connectivity index (χ0) is 14.5. The van der Waals surface area contributed by atoms with E-state index >= 15 is 0 Å². The SMILES string of the molecule is CC(C)NS(=O)(=O)CCNC(=O)c1cccc(N)c1. The summed E-state index contributed by atoms with van der Waals surface area (Å²) in [5.41, 5.74) is 6.46. The van der Waals surface area contributed by atoms with E-state index in [2.05, 4.69) is 10.0 Å². The number of hydrogen-bond acceptors (Lipinski definition) is 4. The van der Waals surface area contributed by atoms with Gasteiger partial charge in [0, 0.05) is 23.8 Å². The molecule has 7 heteroatoms. The summed E-state index contributed by atoms with van der Waals surface area (Å²) in [6.07, 6.45) is 0. The van der Waals surface area contributed by atoms with Crippen LogP contribution in [-0.2, 0) is 10.0 Å². The Kier molecular flexibility index (Phi) is 5.31. The molecule has 0 aliphatic carbocycles. The van der Waals surface area contributed by atoms with Crippen molar-refractivity contribution >= 4 is 21.6 Å². The van der Waals surface area contributed by atoms with Gasteiger partial charge in [0.25, 0.3) is 5.91 Å². The van der Waals surface area contributed by atoms with Crippen LogP contribution in [-0.4, -0.2) is 32.7 Å². The quantitative estimate of drug-likeness (QED) is 0.655. The second-order valence-electron chi connectivity index (χ2n) is 4.47. The molecule has 0 heterocycles. The van der Waals surface area contributed by atoms with Crippen molar-refractivity contribution in [3.63, 3.8) is 0 Å². The van der Waals surface area contributed by atoms with Crippen molar-refractivity contribution in [3.8, 4) is 0 Å². The monoisotopic (exact) mass is 285 g/mol. The van der Waals surface area contributed by atoms with Crippen LogP contribution in [0.3, 0.4) is 0 Å². The van der Waals surface area contributed by atoms with E-state index < -0.39 is 10.0 Å². The number of sulfonamides is 1. The van der Waals surface area contributed by atoms with E-state index in [1.54, 1.807) is 32.0 Å². The molecule has 0 fully saturated rings. The molecule has 0 atom stereocenters. The van der Waals surface area contributed by atoms with Gasteiger partial charge in [0.1, 0.15) is 0 Å². The Labute approximate surface area is 113 Å². The normalized spacial score (nSPS) is 11.5. The van der Waals surface area contributed by atoms with Crippen LogP contribution in [0.4, 0.5) is 5.69 Å². The molecule has 1 rings (SSSR count). The van der Waals surface area contributed by atoms with Gasteiger partial charge in [-0.05, 0) is 32.0 Å². The van der Waals surface area contributed by atoms with Crippen molar-refractivity contribution < 1.29 is 13.2 Å². The van der Waals surface area contributed by atoms with Gasteiger partial charge in [0.05, 0.1) is 5.75 Å². The second-order valence-corrected chi connectivity index (χ2v) is 6.35. The molecule has 1 aromatic carbocycles. The van der Waals surface area contributed by atoms with Crippen molar-refractivity contribution in [1.82, 2.24) is 10.0 Å². The summed E-state index contributed by atoms with van der Waals surface area (Å²) in [6, 6.07) is 6.34. The first kappa shape index (κ1) is 15.5. The van der Waals surface area contributed by atoms with Crippen LogP contribution in [0.5, 0.6) is 0 Å². The maximum absolute atomic E-state index is 11.7. The number of nitrogens with one attached hydrogen (secondary N) is 2. The lowest BCUT2D eigenvalue weighted by molar-refractivity contribution is 0.0956. The number of nitrogen functional groups attached to an aromatic ring is 1. The van der Waals surface area contributed by atoms with E-state index in [9.17, 15) is 13.2 Å². The lowest BCUT2D eigenvalue weighted by atomic mass is 10.2. The van der Waals surface area contributed by atoms with Crippen molar-refractivity contribution in [2.75, 3.05) is 18.0 Å². The summed E-state index contributed by atoms with van der Waals surface area (Å²) in [5, 5.41) is 2.54. The molecular weight excluding hydrogens is 266 g/mol. The highest BCUT2D eigenvalue weighted by molar-refractivity contribution is 7.89. The Bertz CT molecular complexity index is 541. The molecule has 0 bridgehead atoms. The summed E-state index contributed by atoms with van der Waals surface area (Å²) >= 11 is 0. The lowest BCUT2D eigenvalue weighted by Gasteiger charge is -2.10. The van der Waals surface area contributed by atoms with Crippen LogP contribution in [0.15, 0.2) is 24.3 Å². The van der Waals surface area contributed by atoms with Crippen molar-refractivity contribution in [3.05, 3.63) is 29.8 Å². The predicted octanol–water partition coefficient (Wildman–Crippen LogP) is 0.326. The Morgan fingerprint density at radius 1 is 1.37 bits per heavy atom. The summed E-state index contributed by atoms with van der Waals surface area (Å²) < 4.78 is 25.5. The lowest BCUT2D eigenvalue weighted by Crippen LogP contribution is -2.37. The van der Waals surface area contributed by atoms with Crippen molar-refractivity contribution in [1.29, 1.82) is 0 Å². The average molecular weight is 285 g/mol. The third-order valence-electron chi connectivity index (χ3n) is 2.22. The smallest absolute Gasteiger partial charge is 0.251 e. The molecule has 0 saturated carbocycles. The zero-order valence-corrected chi connectivity index (χ0v) is 11.8. The summed E-state index contributed by atoms with van der Waals surface area (Å²) in [6.45, 7) is 3.53.